The van der Waals surface area contributed by atoms with Gasteiger partial charge in [0.15, 0.2) is 0 Å². The standard InChI is InChI=1S/C26H23N3O4/c1-3-14-33-23-13-10-18-6-4-5-7-20(18)21(23)15-22-25(31)29(26(32)28-22)16-24(30)27-19-11-8-17(2)9-12-19/h3-13,15H,1,14,16H2,2H3,(H,27,30)(H,28,32)/b22-15+. The third-order valence-corrected chi connectivity index (χ3v) is 5.18. The molecule has 3 aromatic carbocycles. The summed E-state index contributed by atoms with van der Waals surface area (Å²) in [7, 11) is 0. The molecule has 0 aliphatic carbocycles. The van der Waals surface area contributed by atoms with Crippen molar-refractivity contribution in [2.75, 3.05) is 18.5 Å². The van der Waals surface area contributed by atoms with Crippen LogP contribution in [0.25, 0.3) is 16.8 Å². The van der Waals surface area contributed by atoms with Crippen molar-refractivity contribution >= 4 is 40.4 Å². The van der Waals surface area contributed by atoms with E-state index in [-0.39, 0.29) is 5.70 Å². The Morgan fingerprint density at radius 1 is 1.09 bits per heavy atom. The number of anilines is 1. The molecule has 0 saturated carbocycles. The van der Waals surface area contributed by atoms with Crippen LogP contribution in [0.2, 0.25) is 0 Å². The Balaban J connectivity index is 1.58. The summed E-state index contributed by atoms with van der Waals surface area (Å²) in [5.74, 6) is -0.496. The van der Waals surface area contributed by atoms with Crippen molar-refractivity contribution in [3.63, 3.8) is 0 Å². The summed E-state index contributed by atoms with van der Waals surface area (Å²) in [6.45, 7) is 5.50. The number of ether oxygens (including phenoxy) is 1. The first-order valence-corrected chi connectivity index (χ1v) is 10.4. The summed E-state index contributed by atoms with van der Waals surface area (Å²) >= 11 is 0. The summed E-state index contributed by atoms with van der Waals surface area (Å²) in [6, 6.07) is 18.0. The molecule has 1 fully saturated rings. The van der Waals surface area contributed by atoms with E-state index in [2.05, 4.69) is 17.2 Å². The zero-order chi connectivity index (χ0) is 23.4. The number of aryl methyl sites for hydroxylation is 1. The van der Waals surface area contributed by atoms with Crippen molar-refractivity contribution in [1.82, 2.24) is 10.2 Å². The first-order valence-electron chi connectivity index (χ1n) is 10.4. The highest BCUT2D eigenvalue weighted by Crippen LogP contribution is 2.31. The number of hydrogen-bond acceptors (Lipinski definition) is 4. The van der Waals surface area contributed by atoms with Gasteiger partial charge in [0, 0.05) is 11.3 Å². The number of nitrogens with zero attached hydrogens (tertiary/aromatic N) is 1. The van der Waals surface area contributed by atoms with Gasteiger partial charge in [0.1, 0.15) is 24.6 Å². The molecule has 0 bridgehead atoms. The predicted octanol–water partition coefficient (Wildman–Crippen LogP) is 4.24. The van der Waals surface area contributed by atoms with Crippen LogP contribution < -0.4 is 15.4 Å². The Morgan fingerprint density at radius 2 is 1.85 bits per heavy atom. The Bertz CT molecular complexity index is 1280. The molecule has 7 nitrogen and oxygen atoms in total. The first kappa shape index (κ1) is 21.8. The Labute approximate surface area is 191 Å². The van der Waals surface area contributed by atoms with Crippen LogP contribution in [0.1, 0.15) is 11.1 Å². The van der Waals surface area contributed by atoms with E-state index >= 15 is 0 Å². The minimum atomic E-state index is -0.654. The van der Waals surface area contributed by atoms with Gasteiger partial charge in [-0.1, -0.05) is 60.7 Å². The van der Waals surface area contributed by atoms with Crippen LogP contribution >= 0.6 is 0 Å². The fraction of sp³-hybridized carbons (Fsp3) is 0.115. The summed E-state index contributed by atoms with van der Waals surface area (Å²) in [5.41, 5.74) is 2.38. The summed E-state index contributed by atoms with van der Waals surface area (Å²) in [5, 5.41) is 7.09. The summed E-state index contributed by atoms with van der Waals surface area (Å²) in [6.07, 6.45) is 3.21. The second-order valence-corrected chi connectivity index (χ2v) is 7.59. The zero-order valence-corrected chi connectivity index (χ0v) is 18.1. The van der Waals surface area contributed by atoms with E-state index in [1.165, 1.54) is 0 Å². The highest BCUT2D eigenvalue weighted by molar-refractivity contribution is 6.16. The average Bonchev–Trinajstić information content (AvgIpc) is 3.07. The van der Waals surface area contributed by atoms with Gasteiger partial charge in [0.25, 0.3) is 5.91 Å². The van der Waals surface area contributed by atoms with Gasteiger partial charge in [0.05, 0.1) is 0 Å². The molecular weight excluding hydrogens is 418 g/mol. The maximum absolute atomic E-state index is 13.0. The van der Waals surface area contributed by atoms with Crippen LogP contribution in [0.4, 0.5) is 10.5 Å². The van der Waals surface area contributed by atoms with Gasteiger partial charge < -0.3 is 15.4 Å². The van der Waals surface area contributed by atoms with Crippen molar-refractivity contribution in [3.05, 3.63) is 90.1 Å². The number of carbonyl (C=O) groups excluding carboxylic acids is 3. The van der Waals surface area contributed by atoms with Crippen LogP contribution in [-0.4, -0.2) is 35.9 Å². The molecular formula is C26H23N3O4. The highest BCUT2D eigenvalue weighted by atomic mass is 16.5. The number of amides is 4. The van der Waals surface area contributed by atoms with Crippen LogP contribution in [0.3, 0.4) is 0 Å². The molecule has 4 amide bonds. The second kappa shape index (κ2) is 9.40. The molecule has 2 N–H and O–H groups in total. The molecule has 33 heavy (non-hydrogen) atoms. The minimum absolute atomic E-state index is 0.0722. The maximum atomic E-state index is 13.0. The highest BCUT2D eigenvalue weighted by Gasteiger charge is 2.35. The molecule has 4 rings (SSSR count). The average molecular weight is 441 g/mol. The van der Waals surface area contributed by atoms with Crippen molar-refractivity contribution in [3.8, 4) is 5.75 Å². The monoisotopic (exact) mass is 441 g/mol. The van der Waals surface area contributed by atoms with E-state index in [9.17, 15) is 14.4 Å². The Kier molecular flexibility index (Phi) is 6.22. The molecule has 1 aliphatic rings. The quantitative estimate of drug-likeness (QED) is 0.326. The molecule has 0 aromatic heterocycles. The number of urea groups is 1. The smallest absolute Gasteiger partial charge is 0.329 e. The fourth-order valence-electron chi connectivity index (χ4n) is 3.54. The Hall–Kier alpha value is -4.39. The molecule has 3 aromatic rings. The molecule has 0 unspecified atom stereocenters. The number of rotatable bonds is 7. The largest absolute Gasteiger partial charge is 0.489 e. The zero-order valence-electron chi connectivity index (χ0n) is 18.1. The molecule has 0 atom stereocenters. The van der Waals surface area contributed by atoms with Crippen LogP contribution in [-0.2, 0) is 9.59 Å². The minimum Gasteiger partial charge on any atom is -0.489 e. The normalized spacial score (nSPS) is 14.5. The first-order chi connectivity index (χ1) is 16.0. The number of carbonyl (C=O) groups is 3. The molecule has 7 heteroatoms. The van der Waals surface area contributed by atoms with Crippen molar-refractivity contribution in [1.29, 1.82) is 0 Å². The number of benzene rings is 3. The molecule has 0 spiro atoms. The third kappa shape index (κ3) is 4.77. The fourth-order valence-corrected chi connectivity index (χ4v) is 3.54. The van der Waals surface area contributed by atoms with Gasteiger partial charge >= 0.3 is 6.03 Å². The van der Waals surface area contributed by atoms with E-state index in [0.29, 0.717) is 23.6 Å². The van der Waals surface area contributed by atoms with Crippen molar-refractivity contribution in [2.24, 2.45) is 0 Å². The van der Waals surface area contributed by atoms with E-state index in [4.69, 9.17) is 4.74 Å². The van der Waals surface area contributed by atoms with Gasteiger partial charge in [-0.25, -0.2) is 9.69 Å². The van der Waals surface area contributed by atoms with Crippen LogP contribution in [0.15, 0.2) is 79.0 Å². The molecule has 166 valence electrons. The summed E-state index contributed by atoms with van der Waals surface area (Å²) in [4.78, 5) is 38.7. The molecule has 1 aliphatic heterocycles. The lowest BCUT2D eigenvalue weighted by Crippen LogP contribution is -2.38. The molecule has 0 radical (unpaired) electrons. The Morgan fingerprint density at radius 3 is 2.61 bits per heavy atom. The lowest BCUT2D eigenvalue weighted by Gasteiger charge is -2.12. The molecule has 1 heterocycles. The summed E-state index contributed by atoms with van der Waals surface area (Å²) < 4.78 is 5.77. The van der Waals surface area contributed by atoms with Gasteiger partial charge in [-0.3, -0.25) is 9.59 Å². The lowest BCUT2D eigenvalue weighted by atomic mass is 10.0. The van der Waals surface area contributed by atoms with E-state index in [1.54, 1.807) is 24.3 Å². The predicted molar refractivity (Wildman–Crippen MR) is 128 cm³/mol. The van der Waals surface area contributed by atoms with Gasteiger partial charge in [-0.15, -0.1) is 0 Å². The van der Waals surface area contributed by atoms with E-state index < -0.39 is 24.4 Å². The number of hydrogen-bond donors (Lipinski definition) is 2. The van der Waals surface area contributed by atoms with Crippen LogP contribution in [0.5, 0.6) is 5.75 Å². The van der Waals surface area contributed by atoms with Crippen molar-refractivity contribution < 1.29 is 19.1 Å². The second-order valence-electron chi connectivity index (χ2n) is 7.59. The van der Waals surface area contributed by atoms with Crippen molar-refractivity contribution in [2.45, 2.75) is 6.92 Å². The van der Waals surface area contributed by atoms with Gasteiger partial charge in [-0.05, 0) is 42.0 Å². The maximum Gasteiger partial charge on any atom is 0.329 e. The van der Waals surface area contributed by atoms with Gasteiger partial charge in [0.2, 0.25) is 5.91 Å². The molecule has 1 saturated heterocycles. The number of fused-ring (bicyclic) bond motifs is 1. The van der Waals surface area contributed by atoms with Crippen LogP contribution in [0, 0.1) is 6.92 Å². The number of nitrogens with one attached hydrogen (secondary N) is 2. The van der Waals surface area contributed by atoms with E-state index in [1.807, 2.05) is 55.5 Å². The third-order valence-electron chi connectivity index (χ3n) is 5.18. The topological polar surface area (TPSA) is 87.7 Å². The van der Waals surface area contributed by atoms with Gasteiger partial charge in [-0.2, -0.15) is 0 Å². The van der Waals surface area contributed by atoms with E-state index in [0.717, 1.165) is 21.2 Å². The number of imide groups is 1. The SMILES string of the molecule is C=CCOc1ccc2ccccc2c1/C=C1/NC(=O)N(CC(=O)Nc2ccc(C)cc2)C1=O. The lowest BCUT2D eigenvalue weighted by molar-refractivity contribution is -0.127.